The monoisotopic (exact) mass is 779 g/mol. The predicted molar refractivity (Wildman–Crippen MR) is 231 cm³/mol. The Balaban J connectivity index is 0.000000260. The summed E-state index contributed by atoms with van der Waals surface area (Å²) in [4.78, 5) is 0. The minimum absolute atomic E-state index is 0. The van der Waals surface area contributed by atoms with Gasteiger partial charge in [0.2, 0.25) is 0 Å². The topological polar surface area (TPSA) is 49.9 Å². The normalized spacial score (nSPS) is 19.8. The Hall–Kier alpha value is -0.404. The quantitative estimate of drug-likeness (QED) is 0.130. The van der Waals surface area contributed by atoms with Crippen LogP contribution in [0, 0.1) is 0 Å². The zero-order valence-corrected chi connectivity index (χ0v) is 36.5. The van der Waals surface area contributed by atoms with Gasteiger partial charge in [0.05, 0.1) is 35.0 Å². The third kappa shape index (κ3) is 18.1. The van der Waals surface area contributed by atoms with E-state index in [0.717, 1.165) is 24.5 Å². The smallest absolute Gasteiger partial charge is 0.683 e. The van der Waals surface area contributed by atoms with Gasteiger partial charge in [-0.25, -0.2) is 0 Å². The van der Waals surface area contributed by atoms with E-state index in [1.165, 1.54) is 22.6 Å². The van der Waals surface area contributed by atoms with Crippen molar-refractivity contribution in [2.24, 2.45) is 0 Å². The SMILES string of the molecule is C1CCC([PH+](CC[PH+](C2CCCCC2)C2CCCCC2)C2CCCCC2)CC1.C[Si](C)(C)[NH-].[Fe+3].c1ccc([N-]CCNc2ccccc2)cc1. The Kier molecular flexibility index (Phi) is 22.5. The molecule has 0 heterocycles. The van der Waals surface area contributed by atoms with E-state index in [1.807, 2.05) is 68.2 Å². The maximum Gasteiger partial charge on any atom is 3.00 e. The van der Waals surface area contributed by atoms with Crippen LogP contribution >= 0.6 is 15.8 Å². The molecule has 50 heavy (non-hydrogen) atoms. The van der Waals surface area contributed by atoms with Gasteiger partial charge in [-0.05, 0) is 121 Å². The summed E-state index contributed by atoms with van der Waals surface area (Å²) in [5.41, 5.74) is 7.08. The molecule has 2 aromatic rings. The molecule has 0 atom stereocenters. The van der Waals surface area contributed by atoms with Crippen LogP contribution in [0.2, 0.25) is 19.6 Å². The molecular formula is C43H75FeN3P2Si+3. The number of nitrogens with zero attached hydrogens (tertiary/aromatic N) is 1. The summed E-state index contributed by atoms with van der Waals surface area (Å²) in [6, 6.07) is 20.2. The molecule has 4 aliphatic rings. The molecule has 281 valence electrons. The summed E-state index contributed by atoms with van der Waals surface area (Å²) in [5.74, 6) is 0. The van der Waals surface area contributed by atoms with Gasteiger partial charge in [-0.15, -0.1) is 12.2 Å². The van der Waals surface area contributed by atoms with E-state index in [1.54, 1.807) is 141 Å². The molecule has 4 saturated carbocycles. The molecule has 0 bridgehead atoms. The van der Waals surface area contributed by atoms with Crippen molar-refractivity contribution in [1.82, 2.24) is 0 Å². The molecular weight excluding hydrogens is 704 g/mol. The zero-order valence-electron chi connectivity index (χ0n) is 32.4. The molecule has 2 aromatic carbocycles. The number of rotatable bonds is 12. The molecule has 7 heteroatoms. The van der Waals surface area contributed by atoms with Gasteiger partial charge >= 0.3 is 17.1 Å². The van der Waals surface area contributed by atoms with Gasteiger partial charge in [0.25, 0.3) is 0 Å². The Morgan fingerprint density at radius 1 is 0.560 bits per heavy atom. The first-order chi connectivity index (χ1) is 23.9. The first kappa shape index (κ1) is 44.0. The standard InChI is InChI=1S/C26H48P2.C14H15N2.C3H10NSi.Fe/c1-5-13-23(14-6-1)27(24-15-7-2-8-16-24)21-22-28(25-17-9-3-10-18-25)26-19-11-4-12-20-26;1-3-7-13(8-4-1)15-11-12-16-14-9-5-2-6-10-14;1-5(2,3)4;/h23-26H,1-22H2;1-10,15H,11-12H2;4H,1-3H3;/q;2*-1;+3/p+2. The molecule has 2 N–H and O–H groups in total. The average Bonchev–Trinajstić information content (AvgIpc) is 3.14. The van der Waals surface area contributed by atoms with E-state index in [0.29, 0.717) is 0 Å². The van der Waals surface area contributed by atoms with Crippen molar-refractivity contribution < 1.29 is 17.1 Å². The Bertz CT molecular complexity index is 957. The fourth-order valence-electron chi connectivity index (χ4n) is 9.14. The van der Waals surface area contributed by atoms with Crippen LogP contribution in [-0.2, 0) is 17.1 Å². The van der Waals surface area contributed by atoms with Crippen LogP contribution in [0.1, 0.15) is 128 Å². The molecule has 0 aromatic heterocycles. The largest absolute Gasteiger partial charge is 3.00 e. The summed E-state index contributed by atoms with van der Waals surface area (Å²) < 4.78 is 0. The van der Waals surface area contributed by atoms with Crippen molar-refractivity contribution in [3.63, 3.8) is 0 Å². The third-order valence-electron chi connectivity index (χ3n) is 11.5. The van der Waals surface area contributed by atoms with E-state index >= 15 is 0 Å². The van der Waals surface area contributed by atoms with Gasteiger partial charge < -0.3 is 16.0 Å². The van der Waals surface area contributed by atoms with Gasteiger partial charge in [0.1, 0.15) is 0 Å². The Morgan fingerprint density at radius 3 is 1.22 bits per heavy atom. The number of hydrogen-bond acceptors (Lipinski definition) is 1. The van der Waals surface area contributed by atoms with E-state index in [2.05, 4.69) is 22.8 Å². The fourth-order valence-corrected chi connectivity index (χ4v) is 19.0. The first-order valence-electron chi connectivity index (χ1n) is 20.8. The second kappa shape index (κ2) is 25.6. The van der Waals surface area contributed by atoms with Crippen LogP contribution in [0.25, 0.3) is 10.7 Å². The van der Waals surface area contributed by atoms with Gasteiger partial charge in [-0.2, -0.15) is 0 Å². The van der Waals surface area contributed by atoms with Crippen molar-refractivity contribution in [2.45, 2.75) is 171 Å². The number of anilines is 1. The number of nitrogens with one attached hydrogen (secondary N) is 2. The van der Waals surface area contributed by atoms with Crippen molar-refractivity contribution in [2.75, 3.05) is 30.7 Å². The third-order valence-corrected chi connectivity index (χ3v) is 20.1. The van der Waals surface area contributed by atoms with E-state index in [9.17, 15) is 0 Å². The van der Waals surface area contributed by atoms with Gasteiger partial charge in [-0.1, -0.05) is 102 Å². The second-order valence-corrected chi connectivity index (χ2v) is 27.8. The molecule has 6 rings (SSSR count). The molecule has 4 aliphatic carbocycles. The number of hydrogen-bond donors (Lipinski definition) is 1. The summed E-state index contributed by atoms with van der Waals surface area (Å²) in [5, 5.41) is 14.9. The van der Waals surface area contributed by atoms with E-state index < -0.39 is 8.24 Å². The minimum atomic E-state index is -1.36. The molecule has 0 aliphatic heterocycles. The zero-order chi connectivity index (χ0) is 34.6. The summed E-state index contributed by atoms with van der Waals surface area (Å²) in [7, 11) is -1.54. The van der Waals surface area contributed by atoms with Crippen LogP contribution in [-0.4, -0.2) is 56.3 Å². The van der Waals surface area contributed by atoms with Gasteiger partial charge in [0, 0.05) is 21.5 Å². The first-order valence-corrected chi connectivity index (χ1v) is 28.1. The van der Waals surface area contributed by atoms with Gasteiger partial charge in [0.15, 0.2) is 0 Å². The Labute approximate surface area is 323 Å². The van der Waals surface area contributed by atoms with Crippen molar-refractivity contribution >= 4 is 35.5 Å². The van der Waals surface area contributed by atoms with E-state index in [4.69, 9.17) is 5.40 Å². The minimum Gasteiger partial charge on any atom is -0.683 e. The number of benzene rings is 2. The van der Waals surface area contributed by atoms with Crippen LogP contribution in [0.3, 0.4) is 0 Å². The maximum absolute atomic E-state index is 7.08. The van der Waals surface area contributed by atoms with Crippen molar-refractivity contribution in [3.05, 3.63) is 71.4 Å². The predicted octanol–water partition coefficient (Wildman–Crippen LogP) is 14.4. The van der Waals surface area contributed by atoms with E-state index in [-0.39, 0.29) is 32.9 Å². The average molecular weight is 780 g/mol. The molecule has 0 spiro atoms. The van der Waals surface area contributed by atoms with Crippen molar-refractivity contribution in [3.8, 4) is 0 Å². The van der Waals surface area contributed by atoms with Crippen LogP contribution in [0.4, 0.5) is 11.4 Å². The van der Waals surface area contributed by atoms with Gasteiger partial charge in [-0.3, -0.25) is 0 Å². The fraction of sp³-hybridized carbons (Fsp3) is 0.721. The number of para-hydroxylation sites is 2. The Morgan fingerprint density at radius 2 is 0.880 bits per heavy atom. The molecule has 4 fully saturated rings. The second-order valence-electron chi connectivity index (χ2n) is 16.7. The summed E-state index contributed by atoms with van der Waals surface area (Å²) in [6.45, 7) is 7.63. The molecule has 0 unspecified atom stereocenters. The molecule has 1 radical (unpaired) electrons. The summed E-state index contributed by atoms with van der Waals surface area (Å²) >= 11 is 0. The van der Waals surface area contributed by atoms with Crippen LogP contribution in [0.15, 0.2) is 60.7 Å². The van der Waals surface area contributed by atoms with Crippen LogP contribution < -0.4 is 5.32 Å². The molecule has 0 amide bonds. The maximum atomic E-state index is 7.08. The molecule has 3 nitrogen and oxygen atoms in total. The summed E-state index contributed by atoms with van der Waals surface area (Å²) in [6.07, 6.45) is 35.5. The van der Waals surface area contributed by atoms with Crippen molar-refractivity contribution in [1.29, 1.82) is 0 Å². The van der Waals surface area contributed by atoms with Crippen LogP contribution in [0.5, 0.6) is 0 Å². The molecule has 0 saturated heterocycles.